The van der Waals surface area contributed by atoms with Crippen LogP contribution in [0.3, 0.4) is 0 Å². The number of aryl methyl sites for hydroxylation is 1. The van der Waals surface area contributed by atoms with E-state index in [2.05, 4.69) is 31.3 Å². The van der Waals surface area contributed by atoms with E-state index in [1.807, 2.05) is 0 Å². The van der Waals surface area contributed by atoms with Crippen molar-refractivity contribution in [3.8, 4) is 5.75 Å². The molecule has 1 N–H and O–H groups in total. The fourth-order valence-electron chi connectivity index (χ4n) is 1.89. The Hall–Kier alpha value is -1.55. The van der Waals surface area contributed by atoms with Crippen LogP contribution in [0.2, 0.25) is 0 Å². The summed E-state index contributed by atoms with van der Waals surface area (Å²) in [6, 6.07) is 9.31. The van der Waals surface area contributed by atoms with Crippen molar-refractivity contribution >= 4 is 17.0 Å². The first kappa shape index (κ1) is 13.9. The van der Waals surface area contributed by atoms with E-state index in [-0.39, 0.29) is 17.6 Å². The highest BCUT2D eigenvalue weighted by atomic mass is 32.1. The van der Waals surface area contributed by atoms with Crippen molar-refractivity contribution in [3.63, 3.8) is 0 Å². The number of thiophene rings is 1. The predicted octanol–water partition coefficient (Wildman–Crippen LogP) is 4.63. The van der Waals surface area contributed by atoms with Crippen molar-refractivity contribution in [1.82, 2.24) is 0 Å². The number of anilines is 1. The van der Waals surface area contributed by atoms with Gasteiger partial charge in [-0.15, -0.1) is 11.3 Å². The first-order valence-corrected chi connectivity index (χ1v) is 7.14. The number of hydrogen-bond acceptors (Lipinski definition) is 3. The third-order valence-electron chi connectivity index (χ3n) is 2.99. The molecule has 1 heterocycles. The summed E-state index contributed by atoms with van der Waals surface area (Å²) in [4.78, 5) is 2.65. The van der Waals surface area contributed by atoms with Gasteiger partial charge >= 0.3 is 0 Å². The molecule has 0 fully saturated rings. The van der Waals surface area contributed by atoms with Crippen molar-refractivity contribution in [3.05, 3.63) is 45.9 Å². The number of rotatable bonds is 5. The molecule has 0 aliphatic heterocycles. The minimum Gasteiger partial charge on any atom is -0.494 e. The van der Waals surface area contributed by atoms with Gasteiger partial charge in [-0.25, -0.2) is 4.39 Å². The van der Waals surface area contributed by atoms with Gasteiger partial charge in [-0.2, -0.15) is 0 Å². The van der Waals surface area contributed by atoms with Crippen LogP contribution in [0.1, 0.15) is 29.6 Å². The van der Waals surface area contributed by atoms with Crippen LogP contribution in [0.25, 0.3) is 0 Å². The van der Waals surface area contributed by atoms with Crippen molar-refractivity contribution in [2.45, 2.75) is 26.3 Å². The molecule has 0 radical (unpaired) electrons. The largest absolute Gasteiger partial charge is 0.494 e. The van der Waals surface area contributed by atoms with Gasteiger partial charge in [0.25, 0.3) is 0 Å². The van der Waals surface area contributed by atoms with Crippen LogP contribution in [0.4, 0.5) is 10.1 Å². The number of ether oxygens (including phenoxy) is 1. The molecule has 0 saturated heterocycles. The van der Waals surface area contributed by atoms with Crippen molar-refractivity contribution < 1.29 is 9.13 Å². The molecule has 1 aromatic heterocycles. The summed E-state index contributed by atoms with van der Waals surface area (Å²) in [7, 11) is 1.47. The molecule has 0 aliphatic carbocycles. The highest BCUT2D eigenvalue weighted by molar-refractivity contribution is 7.12. The maximum absolute atomic E-state index is 13.3. The highest BCUT2D eigenvalue weighted by Gasteiger charge is 2.10. The third-order valence-corrected chi connectivity index (χ3v) is 4.40. The van der Waals surface area contributed by atoms with Gasteiger partial charge in [0, 0.05) is 21.5 Å². The predicted molar refractivity (Wildman–Crippen MR) is 78.7 cm³/mol. The van der Waals surface area contributed by atoms with Gasteiger partial charge in [0.1, 0.15) is 0 Å². The van der Waals surface area contributed by atoms with Crippen LogP contribution in [-0.4, -0.2) is 7.11 Å². The van der Waals surface area contributed by atoms with E-state index in [9.17, 15) is 4.39 Å². The molecule has 0 amide bonds. The standard InChI is InChI=1S/C15H18FNOS/c1-4-12-6-8-15(19-12)10(2)17-11-5-7-13(16)14(9-11)18-3/h5-10,17H,4H2,1-3H3. The first-order valence-electron chi connectivity index (χ1n) is 6.32. The molecular weight excluding hydrogens is 261 g/mol. The van der Waals surface area contributed by atoms with Gasteiger partial charge in [-0.05, 0) is 37.6 Å². The van der Waals surface area contributed by atoms with E-state index < -0.39 is 0 Å². The molecule has 0 spiro atoms. The molecule has 0 aliphatic rings. The molecule has 1 aromatic carbocycles. The fourth-order valence-corrected chi connectivity index (χ4v) is 2.84. The topological polar surface area (TPSA) is 21.3 Å². The zero-order chi connectivity index (χ0) is 13.8. The molecule has 102 valence electrons. The van der Waals surface area contributed by atoms with Gasteiger partial charge < -0.3 is 10.1 Å². The highest BCUT2D eigenvalue weighted by Crippen LogP contribution is 2.28. The van der Waals surface area contributed by atoms with E-state index >= 15 is 0 Å². The zero-order valence-corrected chi connectivity index (χ0v) is 12.2. The van der Waals surface area contributed by atoms with Crippen LogP contribution in [0.15, 0.2) is 30.3 Å². The van der Waals surface area contributed by atoms with Crippen LogP contribution in [0, 0.1) is 5.82 Å². The summed E-state index contributed by atoms with van der Waals surface area (Å²) in [5, 5.41) is 3.36. The maximum atomic E-state index is 13.3. The minimum atomic E-state index is -0.343. The summed E-state index contributed by atoms with van der Waals surface area (Å²) in [5.41, 5.74) is 0.859. The summed E-state index contributed by atoms with van der Waals surface area (Å²) < 4.78 is 18.3. The van der Waals surface area contributed by atoms with Gasteiger partial charge in [0.2, 0.25) is 0 Å². The number of nitrogens with one attached hydrogen (secondary N) is 1. The quantitative estimate of drug-likeness (QED) is 0.861. The second-order valence-electron chi connectivity index (χ2n) is 4.37. The summed E-state index contributed by atoms with van der Waals surface area (Å²) >= 11 is 1.81. The minimum absolute atomic E-state index is 0.195. The zero-order valence-electron chi connectivity index (χ0n) is 11.4. The average molecular weight is 279 g/mol. The molecule has 19 heavy (non-hydrogen) atoms. The Morgan fingerprint density at radius 3 is 2.74 bits per heavy atom. The van der Waals surface area contributed by atoms with E-state index in [1.54, 1.807) is 23.5 Å². The lowest BCUT2D eigenvalue weighted by atomic mass is 10.2. The molecule has 4 heteroatoms. The van der Waals surface area contributed by atoms with Gasteiger partial charge in [0.15, 0.2) is 11.6 Å². The monoisotopic (exact) mass is 279 g/mol. The summed E-state index contributed by atoms with van der Waals surface area (Å²) in [6.45, 7) is 4.25. The van der Waals surface area contributed by atoms with E-state index in [0.29, 0.717) is 0 Å². The van der Waals surface area contributed by atoms with Crippen molar-refractivity contribution in [2.75, 3.05) is 12.4 Å². The third kappa shape index (κ3) is 3.26. The molecule has 2 aromatic rings. The van der Waals surface area contributed by atoms with Crippen LogP contribution in [-0.2, 0) is 6.42 Å². The summed E-state index contributed by atoms with van der Waals surface area (Å²) in [6.07, 6.45) is 1.06. The van der Waals surface area contributed by atoms with Crippen LogP contribution < -0.4 is 10.1 Å². The molecule has 2 nitrogen and oxygen atoms in total. The molecule has 0 bridgehead atoms. The van der Waals surface area contributed by atoms with Gasteiger partial charge in [-0.1, -0.05) is 6.92 Å². The van der Waals surface area contributed by atoms with Gasteiger partial charge in [0.05, 0.1) is 13.2 Å². The lowest BCUT2D eigenvalue weighted by Crippen LogP contribution is -2.05. The van der Waals surface area contributed by atoms with E-state index in [4.69, 9.17) is 4.74 Å². The van der Waals surface area contributed by atoms with Crippen molar-refractivity contribution in [1.29, 1.82) is 0 Å². The molecule has 1 unspecified atom stereocenters. The number of halogens is 1. The molecule has 2 rings (SSSR count). The Morgan fingerprint density at radius 1 is 1.32 bits per heavy atom. The first-order chi connectivity index (χ1) is 9.13. The Morgan fingerprint density at radius 2 is 2.11 bits per heavy atom. The SMILES string of the molecule is CCc1ccc(C(C)Nc2ccc(F)c(OC)c2)s1. The van der Waals surface area contributed by atoms with E-state index in [1.165, 1.54) is 22.9 Å². The Labute approximate surface area is 117 Å². The Balaban J connectivity index is 2.11. The van der Waals surface area contributed by atoms with E-state index in [0.717, 1.165) is 12.1 Å². The normalized spacial score (nSPS) is 12.2. The second-order valence-corrected chi connectivity index (χ2v) is 5.57. The Kier molecular flexibility index (Phi) is 4.43. The number of methoxy groups -OCH3 is 1. The Bertz CT molecular complexity index is 553. The lowest BCUT2D eigenvalue weighted by molar-refractivity contribution is 0.387. The molecule has 0 saturated carbocycles. The smallest absolute Gasteiger partial charge is 0.165 e. The fraction of sp³-hybridized carbons (Fsp3) is 0.333. The van der Waals surface area contributed by atoms with Crippen LogP contribution >= 0.6 is 11.3 Å². The van der Waals surface area contributed by atoms with Crippen LogP contribution in [0.5, 0.6) is 5.75 Å². The number of benzene rings is 1. The summed E-state index contributed by atoms with van der Waals surface area (Å²) in [5.74, 6) is -0.0808. The lowest BCUT2D eigenvalue weighted by Gasteiger charge is -2.14. The van der Waals surface area contributed by atoms with Gasteiger partial charge in [-0.3, -0.25) is 0 Å². The molecule has 1 atom stereocenters. The van der Waals surface area contributed by atoms with Crippen molar-refractivity contribution in [2.24, 2.45) is 0 Å². The second kappa shape index (κ2) is 6.06. The molecular formula is C15H18FNOS. The average Bonchev–Trinajstić information content (AvgIpc) is 2.90. The number of hydrogen-bond donors (Lipinski definition) is 1. The maximum Gasteiger partial charge on any atom is 0.165 e.